The van der Waals surface area contributed by atoms with Crippen LogP contribution in [0.3, 0.4) is 0 Å². The van der Waals surface area contributed by atoms with E-state index < -0.39 is 12.0 Å². The number of aliphatic carboxylic acids is 1. The Hall–Kier alpha value is -2.25. The second-order valence-corrected chi connectivity index (χ2v) is 8.58. The lowest BCUT2D eigenvalue weighted by Crippen LogP contribution is -2.41. The number of para-hydroxylation sites is 1. The fourth-order valence-electron chi connectivity index (χ4n) is 4.65. The van der Waals surface area contributed by atoms with E-state index >= 15 is 0 Å². The van der Waals surface area contributed by atoms with E-state index in [1.54, 1.807) is 18.2 Å². The summed E-state index contributed by atoms with van der Waals surface area (Å²) in [6.45, 7) is 0.601. The van der Waals surface area contributed by atoms with E-state index in [0.717, 1.165) is 35.4 Å². The summed E-state index contributed by atoms with van der Waals surface area (Å²) in [5.41, 5.74) is 0.716. The van der Waals surface area contributed by atoms with Crippen molar-refractivity contribution >= 4 is 23.0 Å². The lowest BCUT2D eigenvalue weighted by atomic mass is 9.85. The molecule has 2 fully saturated rings. The summed E-state index contributed by atoms with van der Waals surface area (Å²) in [6.07, 6.45) is 5.29. The van der Waals surface area contributed by atoms with Gasteiger partial charge in [0.05, 0.1) is 10.5 Å². The van der Waals surface area contributed by atoms with Crippen molar-refractivity contribution in [1.82, 2.24) is 4.90 Å². The molecule has 27 heavy (non-hydrogen) atoms. The number of carbonyl (C=O) groups is 1. The van der Waals surface area contributed by atoms with Crippen LogP contribution in [0, 0.1) is 16.0 Å². The first kappa shape index (κ1) is 18.1. The summed E-state index contributed by atoms with van der Waals surface area (Å²) in [5.74, 6) is -0.255. The molecule has 1 aromatic heterocycles. The maximum Gasteiger partial charge on any atom is 0.320 e. The van der Waals surface area contributed by atoms with Gasteiger partial charge in [0.25, 0.3) is 5.69 Å². The zero-order chi connectivity index (χ0) is 19.0. The molecule has 0 bridgehead atoms. The van der Waals surface area contributed by atoms with Gasteiger partial charge < -0.3 is 5.11 Å². The van der Waals surface area contributed by atoms with Gasteiger partial charge in [0, 0.05) is 28.4 Å². The van der Waals surface area contributed by atoms with Crippen LogP contribution in [-0.2, 0) is 11.3 Å². The smallest absolute Gasteiger partial charge is 0.320 e. The molecule has 0 radical (unpaired) electrons. The van der Waals surface area contributed by atoms with Crippen molar-refractivity contribution < 1.29 is 14.8 Å². The fourth-order valence-corrected chi connectivity index (χ4v) is 5.70. The third-order valence-corrected chi connectivity index (χ3v) is 6.98. The SMILES string of the molecule is O=C(O)C1CC2CCCCC2N1Cc1ccc(-c2ccccc2[N+](=O)[O-])s1. The summed E-state index contributed by atoms with van der Waals surface area (Å²) in [4.78, 5) is 26.8. The number of rotatable bonds is 5. The van der Waals surface area contributed by atoms with Gasteiger partial charge in [-0.1, -0.05) is 25.0 Å². The van der Waals surface area contributed by atoms with E-state index in [4.69, 9.17) is 0 Å². The van der Waals surface area contributed by atoms with Crippen molar-refractivity contribution in [2.45, 2.75) is 50.7 Å². The molecule has 3 atom stereocenters. The van der Waals surface area contributed by atoms with Gasteiger partial charge in [-0.25, -0.2) is 0 Å². The van der Waals surface area contributed by atoms with Gasteiger partial charge in [-0.3, -0.25) is 19.8 Å². The highest BCUT2D eigenvalue weighted by Gasteiger charge is 2.45. The first-order valence-corrected chi connectivity index (χ1v) is 10.2. The van der Waals surface area contributed by atoms with Crippen LogP contribution in [0.5, 0.6) is 0 Å². The lowest BCUT2D eigenvalue weighted by molar-refractivity contribution is -0.384. The molecule has 7 heteroatoms. The number of hydrogen-bond donors (Lipinski definition) is 1. The van der Waals surface area contributed by atoms with Crippen molar-refractivity contribution in [1.29, 1.82) is 0 Å². The number of thiophene rings is 1. The molecule has 6 nitrogen and oxygen atoms in total. The van der Waals surface area contributed by atoms with Crippen LogP contribution in [0.2, 0.25) is 0 Å². The normalized spacial score (nSPS) is 25.3. The van der Waals surface area contributed by atoms with Crippen LogP contribution in [0.25, 0.3) is 10.4 Å². The standard InChI is InChI=1S/C20H22N2O4S/c23-20(24)18-11-13-5-1-3-7-16(13)21(18)12-14-9-10-19(27-14)15-6-2-4-8-17(15)22(25)26/h2,4,6,8-10,13,16,18H,1,3,5,7,11-12H2,(H,23,24). The maximum absolute atomic E-state index is 11.8. The summed E-state index contributed by atoms with van der Waals surface area (Å²) >= 11 is 1.52. The van der Waals surface area contributed by atoms with Crippen LogP contribution in [-0.4, -0.2) is 33.0 Å². The second-order valence-electron chi connectivity index (χ2n) is 7.41. The predicted octanol–water partition coefficient (Wildman–Crippen LogP) is 4.54. The molecule has 2 heterocycles. The third kappa shape index (κ3) is 3.49. The Morgan fingerprint density at radius 2 is 2.00 bits per heavy atom. The molecule has 1 aliphatic carbocycles. The van der Waals surface area contributed by atoms with E-state index in [9.17, 15) is 20.0 Å². The zero-order valence-electron chi connectivity index (χ0n) is 14.9. The highest BCUT2D eigenvalue weighted by Crippen LogP contribution is 2.42. The number of nitro groups is 1. The van der Waals surface area contributed by atoms with Crippen molar-refractivity contribution in [3.8, 4) is 10.4 Å². The summed E-state index contributed by atoms with van der Waals surface area (Å²) in [7, 11) is 0. The highest BCUT2D eigenvalue weighted by molar-refractivity contribution is 7.15. The Morgan fingerprint density at radius 3 is 2.78 bits per heavy atom. The molecule has 1 saturated carbocycles. The zero-order valence-corrected chi connectivity index (χ0v) is 15.7. The topological polar surface area (TPSA) is 83.7 Å². The van der Waals surface area contributed by atoms with Gasteiger partial charge >= 0.3 is 5.97 Å². The molecule has 3 unspecified atom stereocenters. The fraction of sp³-hybridized carbons (Fsp3) is 0.450. The van der Waals surface area contributed by atoms with E-state index in [-0.39, 0.29) is 10.6 Å². The molecule has 1 saturated heterocycles. The molecule has 0 amide bonds. The second kappa shape index (κ2) is 7.40. The number of nitro benzene ring substituents is 1. The van der Waals surface area contributed by atoms with Crippen LogP contribution in [0.15, 0.2) is 36.4 Å². The number of nitrogens with zero attached hydrogens (tertiary/aromatic N) is 2. The maximum atomic E-state index is 11.8. The van der Waals surface area contributed by atoms with Gasteiger partial charge in [-0.05, 0) is 43.4 Å². The average molecular weight is 386 g/mol. The average Bonchev–Trinajstić information content (AvgIpc) is 3.27. The summed E-state index contributed by atoms with van der Waals surface area (Å²) in [6, 6.07) is 10.6. The molecule has 1 N–H and O–H groups in total. The van der Waals surface area contributed by atoms with E-state index in [1.807, 2.05) is 12.1 Å². The van der Waals surface area contributed by atoms with Crippen molar-refractivity contribution in [3.05, 3.63) is 51.4 Å². The molecule has 142 valence electrons. The first-order valence-electron chi connectivity index (χ1n) is 9.35. The minimum absolute atomic E-state index is 0.0998. The number of carboxylic acids is 1. The van der Waals surface area contributed by atoms with Crippen LogP contribution >= 0.6 is 11.3 Å². The van der Waals surface area contributed by atoms with Crippen LogP contribution in [0.4, 0.5) is 5.69 Å². The van der Waals surface area contributed by atoms with Crippen molar-refractivity contribution in [2.24, 2.45) is 5.92 Å². The minimum atomic E-state index is -0.736. The molecule has 0 spiro atoms. The van der Waals surface area contributed by atoms with E-state index in [1.165, 1.54) is 23.8 Å². The number of benzene rings is 1. The first-order chi connectivity index (χ1) is 13.0. The third-order valence-electron chi connectivity index (χ3n) is 5.87. The Kier molecular flexibility index (Phi) is 4.97. The Morgan fingerprint density at radius 1 is 1.22 bits per heavy atom. The minimum Gasteiger partial charge on any atom is -0.480 e. The Balaban J connectivity index is 1.59. The highest BCUT2D eigenvalue weighted by atomic mass is 32.1. The Labute approximate surface area is 161 Å². The molecular weight excluding hydrogens is 364 g/mol. The number of likely N-dealkylation sites (tertiary alicyclic amines) is 1. The number of fused-ring (bicyclic) bond motifs is 1. The van der Waals surface area contributed by atoms with Crippen molar-refractivity contribution in [3.63, 3.8) is 0 Å². The largest absolute Gasteiger partial charge is 0.480 e. The van der Waals surface area contributed by atoms with Gasteiger partial charge in [-0.2, -0.15) is 0 Å². The van der Waals surface area contributed by atoms with Gasteiger partial charge in [-0.15, -0.1) is 11.3 Å². The van der Waals surface area contributed by atoms with Crippen LogP contribution < -0.4 is 0 Å². The number of carboxylic acid groups (broad SMARTS) is 1. The molecule has 1 aliphatic heterocycles. The lowest BCUT2D eigenvalue weighted by Gasteiger charge is -2.32. The van der Waals surface area contributed by atoms with E-state index in [0.29, 0.717) is 24.1 Å². The molecule has 2 aliphatic rings. The molecule has 4 rings (SSSR count). The molecule has 2 aromatic rings. The van der Waals surface area contributed by atoms with Crippen molar-refractivity contribution in [2.75, 3.05) is 0 Å². The Bertz CT molecular complexity index is 865. The monoisotopic (exact) mass is 386 g/mol. The summed E-state index contributed by atoms with van der Waals surface area (Å²) in [5, 5.41) is 21.0. The van der Waals surface area contributed by atoms with Crippen LogP contribution in [0.1, 0.15) is 37.0 Å². The molecule has 1 aromatic carbocycles. The predicted molar refractivity (Wildman–Crippen MR) is 104 cm³/mol. The van der Waals surface area contributed by atoms with E-state index in [2.05, 4.69) is 4.90 Å². The molecular formula is C20H22N2O4S. The quantitative estimate of drug-likeness (QED) is 0.602. The van der Waals surface area contributed by atoms with Gasteiger partial charge in [0.15, 0.2) is 0 Å². The van der Waals surface area contributed by atoms with Gasteiger partial charge in [0.2, 0.25) is 0 Å². The van der Waals surface area contributed by atoms with Gasteiger partial charge in [0.1, 0.15) is 6.04 Å². The summed E-state index contributed by atoms with van der Waals surface area (Å²) < 4.78 is 0. The number of hydrogen-bond acceptors (Lipinski definition) is 5.